The lowest BCUT2D eigenvalue weighted by Crippen LogP contribution is -2.25. The van der Waals surface area contributed by atoms with Crippen molar-refractivity contribution in [2.45, 2.75) is 19.0 Å². The fourth-order valence-electron chi connectivity index (χ4n) is 1.52. The van der Waals surface area contributed by atoms with E-state index in [-0.39, 0.29) is 11.9 Å². The van der Waals surface area contributed by atoms with Crippen LogP contribution in [0.2, 0.25) is 0 Å². The van der Waals surface area contributed by atoms with E-state index in [0.29, 0.717) is 5.69 Å². The predicted octanol–water partition coefficient (Wildman–Crippen LogP) is 2.84. The molecule has 1 aliphatic rings. The van der Waals surface area contributed by atoms with Gasteiger partial charge in [-0.1, -0.05) is 6.08 Å². The molecule has 1 aliphatic carbocycles. The molecule has 0 aliphatic heterocycles. The number of aromatic nitrogens is 2. The summed E-state index contributed by atoms with van der Waals surface area (Å²) in [5.74, 6) is 0.338. The van der Waals surface area contributed by atoms with E-state index in [1.54, 1.807) is 13.1 Å². The summed E-state index contributed by atoms with van der Waals surface area (Å²) in [6, 6.07) is 0. The Balaban J connectivity index is 2.18. The van der Waals surface area contributed by atoms with Gasteiger partial charge in [0.05, 0.1) is 18.1 Å². The van der Waals surface area contributed by atoms with Crippen molar-refractivity contribution < 1.29 is 13.2 Å². The summed E-state index contributed by atoms with van der Waals surface area (Å²) < 4.78 is 38.8. The van der Waals surface area contributed by atoms with E-state index in [1.807, 2.05) is 0 Å². The Morgan fingerprint density at radius 3 is 2.48 bits per heavy atom. The van der Waals surface area contributed by atoms with Crippen molar-refractivity contribution >= 4 is 17.3 Å². The maximum absolute atomic E-state index is 12.9. The molecule has 0 unspecified atom stereocenters. The van der Waals surface area contributed by atoms with Crippen LogP contribution in [0.4, 0.5) is 24.8 Å². The van der Waals surface area contributed by atoms with Crippen LogP contribution in [-0.4, -0.2) is 36.0 Å². The topological polar surface area (TPSA) is 53.4 Å². The first-order chi connectivity index (χ1) is 9.90. The van der Waals surface area contributed by atoms with Crippen LogP contribution in [0.15, 0.2) is 29.6 Å². The van der Waals surface area contributed by atoms with Crippen LogP contribution >= 0.6 is 0 Å². The van der Waals surface area contributed by atoms with Crippen LogP contribution in [0.1, 0.15) is 12.8 Å². The van der Waals surface area contributed by atoms with Gasteiger partial charge in [0, 0.05) is 14.1 Å². The fourth-order valence-corrected chi connectivity index (χ4v) is 1.52. The zero-order chi connectivity index (χ0) is 15.5. The number of rotatable bonds is 5. The zero-order valence-electron chi connectivity index (χ0n) is 11.7. The number of hydrogen-bond acceptors (Lipinski definition) is 5. The van der Waals surface area contributed by atoms with E-state index in [9.17, 15) is 13.2 Å². The third-order valence-corrected chi connectivity index (χ3v) is 2.91. The summed E-state index contributed by atoms with van der Waals surface area (Å²) in [4.78, 5) is 7.89. The third-order valence-electron chi connectivity index (χ3n) is 2.91. The summed E-state index contributed by atoms with van der Waals surface area (Å²) in [7, 11) is 3.08. The minimum absolute atomic E-state index is 0.0931. The van der Waals surface area contributed by atoms with Gasteiger partial charge in [0.2, 0.25) is 5.95 Å². The van der Waals surface area contributed by atoms with Gasteiger partial charge in [0.1, 0.15) is 0 Å². The first-order valence-electron chi connectivity index (χ1n) is 6.47. The van der Waals surface area contributed by atoms with Crippen molar-refractivity contribution in [2.75, 3.05) is 24.4 Å². The molecule has 1 N–H and O–H groups in total. The molecule has 0 amide bonds. The monoisotopic (exact) mass is 299 g/mol. The number of anilines is 2. The molecule has 0 saturated heterocycles. The number of nitrogens with one attached hydrogen (secondary N) is 1. The van der Waals surface area contributed by atoms with Gasteiger partial charge in [-0.25, -0.2) is 15.0 Å². The normalized spacial score (nSPS) is 16.3. The van der Waals surface area contributed by atoms with E-state index in [0.717, 1.165) is 23.9 Å². The molecule has 1 aromatic heterocycles. The second-order valence-corrected chi connectivity index (χ2v) is 4.72. The van der Waals surface area contributed by atoms with Crippen LogP contribution in [0.3, 0.4) is 0 Å². The van der Waals surface area contributed by atoms with Gasteiger partial charge >= 0.3 is 6.18 Å². The maximum atomic E-state index is 12.9. The lowest BCUT2D eigenvalue weighted by molar-refractivity contribution is -0.0579. The molecule has 8 heteroatoms. The van der Waals surface area contributed by atoms with E-state index < -0.39 is 11.9 Å². The second-order valence-electron chi connectivity index (χ2n) is 4.72. The summed E-state index contributed by atoms with van der Waals surface area (Å²) >= 11 is 0. The quantitative estimate of drug-likeness (QED) is 0.671. The lowest BCUT2D eigenvalue weighted by atomic mass is 10.3. The van der Waals surface area contributed by atoms with Gasteiger partial charge in [0.15, 0.2) is 5.71 Å². The molecule has 1 saturated carbocycles. The lowest BCUT2D eigenvalue weighted by Gasteiger charge is -2.14. The zero-order valence-corrected chi connectivity index (χ0v) is 11.7. The average molecular weight is 299 g/mol. The molecule has 1 heterocycles. The SMILES string of the molecule is CNc1cnc(N(C)/N=C(\C=C\C2CC2)C(F)(F)F)nc1. The number of hydrogen-bond donors (Lipinski definition) is 1. The van der Waals surface area contributed by atoms with Gasteiger partial charge in [-0.05, 0) is 24.8 Å². The standard InChI is InChI=1S/C13H16F3N5/c1-17-10-7-18-12(19-8-10)21(2)20-11(13(14,15)16)6-5-9-3-4-9/h5-9,17H,3-4H2,1-2H3/b6-5+,20-11+. The van der Waals surface area contributed by atoms with Gasteiger partial charge in [0.25, 0.3) is 0 Å². The van der Waals surface area contributed by atoms with E-state index in [4.69, 9.17) is 0 Å². The predicted molar refractivity (Wildman–Crippen MR) is 75.3 cm³/mol. The number of allylic oxidation sites excluding steroid dienone is 2. The van der Waals surface area contributed by atoms with Crippen molar-refractivity contribution in [2.24, 2.45) is 11.0 Å². The van der Waals surface area contributed by atoms with Gasteiger partial charge < -0.3 is 5.32 Å². The van der Waals surface area contributed by atoms with Gasteiger partial charge in [-0.3, -0.25) is 0 Å². The Bertz CT molecular complexity index is 532. The second kappa shape index (κ2) is 6.11. The van der Waals surface area contributed by atoms with E-state index >= 15 is 0 Å². The van der Waals surface area contributed by atoms with Crippen molar-refractivity contribution in [1.82, 2.24) is 9.97 Å². The first kappa shape index (κ1) is 15.3. The van der Waals surface area contributed by atoms with Gasteiger partial charge in [-0.2, -0.15) is 18.3 Å². The average Bonchev–Trinajstić information content (AvgIpc) is 3.26. The molecule has 0 atom stereocenters. The molecule has 1 fully saturated rings. The molecule has 2 rings (SSSR count). The molecule has 21 heavy (non-hydrogen) atoms. The number of halogens is 3. The Morgan fingerprint density at radius 1 is 1.38 bits per heavy atom. The highest BCUT2D eigenvalue weighted by atomic mass is 19.4. The first-order valence-corrected chi connectivity index (χ1v) is 6.47. The van der Waals surface area contributed by atoms with Crippen LogP contribution in [0.25, 0.3) is 0 Å². The molecular formula is C13H16F3N5. The Morgan fingerprint density at radius 2 is 2.00 bits per heavy atom. The highest BCUT2D eigenvalue weighted by Gasteiger charge is 2.35. The molecule has 114 valence electrons. The Labute approximate surface area is 120 Å². The molecule has 0 spiro atoms. The smallest absolute Gasteiger partial charge is 0.386 e. The van der Waals surface area contributed by atoms with Crippen molar-refractivity contribution in [1.29, 1.82) is 0 Å². The molecule has 1 aromatic rings. The molecule has 0 bridgehead atoms. The van der Waals surface area contributed by atoms with E-state index in [2.05, 4.69) is 20.4 Å². The van der Waals surface area contributed by atoms with Crippen molar-refractivity contribution in [3.63, 3.8) is 0 Å². The maximum Gasteiger partial charge on any atom is 0.435 e. The molecule has 5 nitrogen and oxygen atoms in total. The Kier molecular flexibility index (Phi) is 4.44. The summed E-state index contributed by atoms with van der Waals surface area (Å²) in [6.07, 6.45) is 2.88. The van der Waals surface area contributed by atoms with Crippen LogP contribution < -0.4 is 10.3 Å². The van der Waals surface area contributed by atoms with Crippen LogP contribution in [-0.2, 0) is 0 Å². The minimum atomic E-state index is -4.51. The fraction of sp³-hybridized carbons (Fsp3) is 0.462. The number of alkyl halides is 3. The number of hydrazone groups is 1. The molecular weight excluding hydrogens is 283 g/mol. The summed E-state index contributed by atoms with van der Waals surface area (Å²) in [6.45, 7) is 0. The van der Waals surface area contributed by atoms with Crippen molar-refractivity contribution in [3.05, 3.63) is 24.5 Å². The number of nitrogens with zero attached hydrogens (tertiary/aromatic N) is 4. The van der Waals surface area contributed by atoms with Crippen LogP contribution in [0, 0.1) is 5.92 Å². The van der Waals surface area contributed by atoms with E-state index in [1.165, 1.54) is 19.4 Å². The summed E-state index contributed by atoms with van der Waals surface area (Å²) in [5.41, 5.74) is -0.293. The summed E-state index contributed by atoms with van der Waals surface area (Å²) in [5, 5.41) is 7.41. The largest absolute Gasteiger partial charge is 0.435 e. The third kappa shape index (κ3) is 4.44. The molecule has 0 aromatic carbocycles. The highest BCUT2D eigenvalue weighted by Crippen LogP contribution is 2.31. The minimum Gasteiger partial charge on any atom is -0.386 e. The van der Waals surface area contributed by atoms with Crippen molar-refractivity contribution in [3.8, 4) is 0 Å². The Hall–Kier alpha value is -2.12. The molecule has 0 radical (unpaired) electrons. The van der Waals surface area contributed by atoms with Crippen LogP contribution in [0.5, 0.6) is 0 Å². The van der Waals surface area contributed by atoms with Gasteiger partial charge in [-0.15, -0.1) is 0 Å². The highest BCUT2D eigenvalue weighted by molar-refractivity contribution is 5.99.